The minimum Gasteiger partial charge on any atom is -0.490 e. The van der Waals surface area contributed by atoms with Crippen molar-refractivity contribution in [2.45, 2.75) is 26.7 Å². The lowest BCUT2D eigenvalue weighted by Gasteiger charge is -2.28. The maximum absolute atomic E-state index is 9.88. The van der Waals surface area contributed by atoms with E-state index in [9.17, 15) is 5.26 Å². The molecule has 0 amide bonds. The Hall–Kier alpha value is -3.65. The van der Waals surface area contributed by atoms with E-state index in [1.54, 1.807) is 0 Å². The summed E-state index contributed by atoms with van der Waals surface area (Å²) in [6, 6.07) is 20.1. The summed E-state index contributed by atoms with van der Waals surface area (Å²) in [4.78, 5) is 0. The number of nitrogens with zero attached hydrogens (tertiary/aromatic N) is 1. The second kappa shape index (κ2) is 8.61. The molecule has 3 aromatic carbocycles. The van der Waals surface area contributed by atoms with Crippen LogP contribution in [-0.4, -0.2) is 13.2 Å². The van der Waals surface area contributed by atoms with Crippen molar-refractivity contribution in [2.24, 2.45) is 11.7 Å². The van der Waals surface area contributed by atoms with E-state index < -0.39 is 0 Å². The number of benzene rings is 3. The summed E-state index contributed by atoms with van der Waals surface area (Å²) in [5, 5.41) is 11.9. The van der Waals surface area contributed by atoms with E-state index in [1.165, 1.54) is 0 Å². The topological polar surface area (TPSA) is 77.5 Å². The van der Waals surface area contributed by atoms with Crippen molar-refractivity contribution < 1.29 is 14.2 Å². The predicted molar refractivity (Wildman–Crippen MR) is 121 cm³/mol. The third-order valence-corrected chi connectivity index (χ3v) is 5.28. The van der Waals surface area contributed by atoms with Crippen molar-refractivity contribution in [2.75, 3.05) is 13.2 Å². The summed E-state index contributed by atoms with van der Waals surface area (Å²) < 4.78 is 17.8. The third-order valence-electron chi connectivity index (χ3n) is 5.28. The van der Waals surface area contributed by atoms with Gasteiger partial charge in [-0.15, -0.1) is 0 Å². The van der Waals surface area contributed by atoms with Gasteiger partial charge in [-0.2, -0.15) is 5.26 Å². The van der Waals surface area contributed by atoms with E-state index in [0.29, 0.717) is 42.0 Å². The van der Waals surface area contributed by atoms with E-state index in [4.69, 9.17) is 19.9 Å². The summed E-state index contributed by atoms with van der Waals surface area (Å²) in [6.45, 7) is 7.25. The fourth-order valence-electron chi connectivity index (χ4n) is 3.88. The average molecular weight is 415 g/mol. The van der Waals surface area contributed by atoms with Crippen LogP contribution in [0.1, 0.15) is 37.8 Å². The second-order valence-corrected chi connectivity index (χ2v) is 7.97. The summed E-state index contributed by atoms with van der Waals surface area (Å²) in [5.74, 6) is 2.23. The van der Waals surface area contributed by atoms with Gasteiger partial charge in [0.15, 0.2) is 11.5 Å². The zero-order valence-electron chi connectivity index (χ0n) is 18.0. The largest absolute Gasteiger partial charge is 0.490 e. The zero-order valence-corrected chi connectivity index (χ0v) is 18.0. The lowest BCUT2D eigenvalue weighted by atomic mass is 9.82. The van der Waals surface area contributed by atoms with Crippen LogP contribution in [0, 0.1) is 17.2 Å². The second-order valence-electron chi connectivity index (χ2n) is 7.97. The molecular formula is C26H26N2O3. The number of allylic oxidation sites excluding steroid dienone is 1. The van der Waals surface area contributed by atoms with Crippen molar-refractivity contribution in [3.05, 3.63) is 77.2 Å². The van der Waals surface area contributed by atoms with Crippen molar-refractivity contribution in [3.63, 3.8) is 0 Å². The van der Waals surface area contributed by atoms with Gasteiger partial charge in [-0.25, -0.2) is 0 Å². The molecule has 1 unspecified atom stereocenters. The highest BCUT2D eigenvalue weighted by Crippen LogP contribution is 2.46. The minimum absolute atomic E-state index is 0.134. The SMILES string of the molecule is CCOc1cc(C2C(C#N)=C(N)Oc3c2ccc2ccccc32)ccc1OCC(C)C. The molecule has 0 aromatic heterocycles. The maximum Gasteiger partial charge on any atom is 0.205 e. The molecular weight excluding hydrogens is 388 g/mol. The van der Waals surface area contributed by atoms with Crippen molar-refractivity contribution in [3.8, 4) is 23.3 Å². The first-order valence-corrected chi connectivity index (χ1v) is 10.5. The van der Waals surface area contributed by atoms with E-state index in [1.807, 2.05) is 61.5 Å². The lowest BCUT2D eigenvalue weighted by molar-refractivity contribution is 0.248. The van der Waals surface area contributed by atoms with Crippen LogP contribution >= 0.6 is 0 Å². The number of nitrogens with two attached hydrogens (primary N) is 1. The summed E-state index contributed by atoms with van der Waals surface area (Å²) in [5.41, 5.74) is 8.41. The Kier molecular flexibility index (Phi) is 5.73. The molecule has 0 bridgehead atoms. The third kappa shape index (κ3) is 3.89. The highest BCUT2D eigenvalue weighted by atomic mass is 16.5. The van der Waals surface area contributed by atoms with Crippen molar-refractivity contribution in [1.29, 1.82) is 5.26 Å². The molecule has 0 fully saturated rings. The first-order valence-electron chi connectivity index (χ1n) is 10.5. The Morgan fingerprint density at radius 3 is 2.61 bits per heavy atom. The molecule has 1 aliphatic heterocycles. The maximum atomic E-state index is 9.88. The number of hydrogen-bond acceptors (Lipinski definition) is 5. The molecule has 1 atom stereocenters. The number of hydrogen-bond donors (Lipinski definition) is 1. The fraction of sp³-hybridized carbons (Fsp3) is 0.269. The predicted octanol–water partition coefficient (Wildman–Crippen LogP) is 5.49. The van der Waals surface area contributed by atoms with Gasteiger partial charge in [0.1, 0.15) is 17.4 Å². The number of nitriles is 1. The van der Waals surface area contributed by atoms with Crippen LogP contribution in [0.5, 0.6) is 17.2 Å². The molecule has 5 nitrogen and oxygen atoms in total. The Morgan fingerprint density at radius 2 is 1.87 bits per heavy atom. The Labute approximate surface area is 182 Å². The first-order chi connectivity index (χ1) is 15.0. The van der Waals surface area contributed by atoms with Crippen molar-refractivity contribution >= 4 is 10.8 Å². The van der Waals surface area contributed by atoms with Gasteiger partial charge in [0.2, 0.25) is 5.88 Å². The highest BCUT2D eigenvalue weighted by molar-refractivity contribution is 5.91. The summed E-state index contributed by atoms with van der Waals surface area (Å²) >= 11 is 0. The Balaban J connectivity index is 1.85. The van der Waals surface area contributed by atoms with E-state index in [0.717, 1.165) is 21.9 Å². The zero-order chi connectivity index (χ0) is 22.0. The van der Waals surface area contributed by atoms with Crippen LogP contribution in [0.2, 0.25) is 0 Å². The molecule has 1 heterocycles. The quantitative estimate of drug-likeness (QED) is 0.577. The van der Waals surface area contributed by atoms with Crippen LogP contribution in [0.25, 0.3) is 10.8 Å². The molecule has 1 aliphatic rings. The number of rotatable bonds is 6. The lowest BCUT2D eigenvalue weighted by Crippen LogP contribution is -2.21. The monoisotopic (exact) mass is 414 g/mol. The van der Waals surface area contributed by atoms with Gasteiger partial charge in [-0.3, -0.25) is 0 Å². The molecule has 2 N–H and O–H groups in total. The molecule has 0 aliphatic carbocycles. The Bertz CT molecular complexity index is 1190. The van der Waals surface area contributed by atoms with Gasteiger partial charge in [0, 0.05) is 10.9 Å². The molecule has 3 aromatic rings. The molecule has 0 radical (unpaired) electrons. The van der Waals surface area contributed by atoms with E-state index >= 15 is 0 Å². The molecule has 5 heteroatoms. The van der Waals surface area contributed by atoms with Gasteiger partial charge < -0.3 is 19.9 Å². The van der Waals surface area contributed by atoms with Crippen LogP contribution in [0.4, 0.5) is 0 Å². The van der Waals surface area contributed by atoms with Crippen molar-refractivity contribution in [1.82, 2.24) is 0 Å². The van der Waals surface area contributed by atoms with Gasteiger partial charge in [0.05, 0.1) is 19.1 Å². The Morgan fingerprint density at radius 1 is 1.06 bits per heavy atom. The van der Waals surface area contributed by atoms with Crippen LogP contribution in [0.15, 0.2) is 66.1 Å². The van der Waals surface area contributed by atoms with Gasteiger partial charge in [0.25, 0.3) is 0 Å². The number of fused-ring (bicyclic) bond motifs is 3. The summed E-state index contributed by atoms with van der Waals surface area (Å²) in [6.07, 6.45) is 0. The normalized spacial score (nSPS) is 15.4. The average Bonchev–Trinajstić information content (AvgIpc) is 2.77. The molecule has 158 valence electrons. The first kappa shape index (κ1) is 20.6. The van der Waals surface area contributed by atoms with Crippen LogP contribution in [-0.2, 0) is 0 Å². The molecule has 0 spiro atoms. The molecule has 4 rings (SSSR count). The van der Waals surface area contributed by atoms with Gasteiger partial charge >= 0.3 is 0 Å². The smallest absolute Gasteiger partial charge is 0.205 e. The van der Waals surface area contributed by atoms with E-state index in [2.05, 4.69) is 19.9 Å². The van der Waals surface area contributed by atoms with Crippen LogP contribution in [0.3, 0.4) is 0 Å². The van der Waals surface area contributed by atoms with Gasteiger partial charge in [-0.1, -0.05) is 56.3 Å². The fourth-order valence-corrected chi connectivity index (χ4v) is 3.88. The molecule has 31 heavy (non-hydrogen) atoms. The molecule has 0 saturated carbocycles. The molecule has 0 saturated heterocycles. The highest BCUT2D eigenvalue weighted by Gasteiger charge is 2.32. The van der Waals surface area contributed by atoms with E-state index in [-0.39, 0.29) is 11.8 Å². The van der Waals surface area contributed by atoms with Gasteiger partial charge in [-0.05, 0) is 35.9 Å². The standard InChI is InChI=1S/C26H26N2O3/c1-4-29-23-13-18(10-12-22(23)30-15-16(2)3)24-20-11-9-17-7-5-6-8-19(17)25(20)31-26(28)21(24)14-27/h5-13,16,24H,4,15,28H2,1-3H3. The minimum atomic E-state index is -0.350. The number of ether oxygens (including phenoxy) is 3. The van der Waals surface area contributed by atoms with Crippen LogP contribution < -0.4 is 19.9 Å². The summed E-state index contributed by atoms with van der Waals surface area (Å²) in [7, 11) is 0.